The van der Waals surface area contributed by atoms with E-state index in [1.807, 2.05) is 0 Å². The first-order chi connectivity index (χ1) is 8.93. The molecule has 19 heavy (non-hydrogen) atoms. The van der Waals surface area contributed by atoms with Crippen LogP contribution in [-0.2, 0) is 9.36 Å². The van der Waals surface area contributed by atoms with Crippen molar-refractivity contribution in [2.24, 2.45) is 5.92 Å². The van der Waals surface area contributed by atoms with E-state index in [-0.39, 0.29) is 0 Å². The lowest BCUT2D eigenvalue weighted by atomic mass is 9.95. The zero-order valence-electron chi connectivity index (χ0n) is 12.3. The minimum absolute atomic E-state index is 0.449. The van der Waals surface area contributed by atoms with E-state index < -0.39 is 19.0 Å². The van der Waals surface area contributed by atoms with Crippen LogP contribution in [0.25, 0.3) is 0 Å². The van der Waals surface area contributed by atoms with Gasteiger partial charge in [-0.15, -0.1) is 0 Å². The molecule has 0 amide bonds. The number of hydrogen-bond donors (Lipinski definition) is 2. The standard InChI is InChI=1S/C14H29O4P/c1-3-5-7-9-11-13(12-10-8-6-4-2)14(15)19(16,17)18/h13H,3-12H2,1-2H3,(H2,16,17,18). The molecule has 0 saturated carbocycles. The van der Waals surface area contributed by atoms with Gasteiger partial charge in [0.25, 0.3) is 0 Å². The third-order valence-electron chi connectivity index (χ3n) is 3.45. The van der Waals surface area contributed by atoms with Crippen molar-refractivity contribution in [2.75, 3.05) is 0 Å². The quantitative estimate of drug-likeness (QED) is 0.416. The minimum Gasteiger partial charge on any atom is -0.319 e. The van der Waals surface area contributed by atoms with Gasteiger partial charge in [0, 0.05) is 5.92 Å². The molecule has 0 aliphatic carbocycles. The first kappa shape index (κ1) is 18.8. The van der Waals surface area contributed by atoms with Gasteiger partial charge in [0.05, 0.1) is 0 Å². The van der Waals surface area contributed by atoms with Crippen LogP contribution in [0.15, 0.2) is 0 Å². The smallest absolute Gasteiger partial charge is 0.319 e. The third-order valence-corrected chi connectivity index (χ3v) is 4.39. The van der Waals surface area contributed by atoms with Crippen LogP contribution < -0.4 is 0 Å². The predicted molar refractivity (Wildman–Crippen MR) is 78.1 cm³/mol. The fraction of sp³-hybridized carbons (Fsp3) is 0.929. The van der Waals surface area contributed by atoms with Gasteiger partial charge < -0.3 is 9.79 Å². The molecule has 0 rings (SSSR count). The van der Waals surface area contributed by atoms with Crippen molar-refractivity contribution in [3.05, 3.63) is 0 Å². The molecule has 0 spiro atoms. The molecule has 0 aromatic rings. The summed E-state index contributed by atoms with van der Waals surface area (Å²) < 4.78 is 11.1. The summed E-state index contributed by atoms with van der Waals surface area (Å²) in [6.45, 7) is 4.23. The highest BCUT2D eigenvalue weighted by atomic mass is 31.2. The molecule has 0 aliphatic heterocycles. The highest BCUT2D eigenvalue weighted by Crippen LogP contribution is 2.41. The molecule has 0 aromatic carbocycles. The van der Waals surface area contributed by atoms with Crippen LogP contribution in [0.5, 0.6) is 0 Å². The monoisotopic (exact) mass is 292 g/mol. The van der Waals surface area contributed by atoms with Crippen LogP contribution in [0, 0.1) is 5.92 Å². The molecule has 5 heteroatoms. The van der Waals surface area contributed by atoms with E-state index in [1.165, 1.54) is 0 Å². The average molecular weight is 292 g/mol. The number of unbranched alkanes of at least 4 members (excludes halogenated alkanes) is 6. The Bertz CT molecular complexity index is 273. The molecule has 2 N–H and O–H groups in total. The predicted octanol–water partition coefficient (Wildman–Crippen LogP) is 4.25. The van der Waals surface area contributed by atoms with Gasteiger partial charge in [-0.2, -0.15) is 0 Å². The lowest BCUT2D eigenvalue weighted by Gasteiger charge is -2.16. The number of carbonyl (C=O) groups excluding carboxylic acids is 1. The van der Waals surface area contributed by atoms with Gasteiger partial charge in [0.2, 0.25) is 5.52 Å². The maximum atomic E-state index is 11.7. The molecule has 0 aromatic heterocycles. The summed E-state index contributed by atoms with van der Waals surface area (Å²) in [5.41, 5.74) is -0.847. The summed E-state index contributed by atoms with van der Waals surface area (Å²) in [7, 11) is -4.56. The van der Waals surface area contributed by atoms with Crippen molar-refractivity contribution in [3.8, 4) is 0 Å². The Morgan fingerprint density at radius 3 is 1.63 bits per heavy atom. The van der Waals surface area contributed by atoms with E-state index in [2.05, 4.69) is 13.8 Å². The Balaban J connectivity index is 4.22. The van der Waals surface area contributed by atoms with E-state index >= 15 is 0 Å². The third kappa shape index (κ3) is 9.37. The van der Waals surface area contributed by atoms with Crippen molar-refractivity contribution in [3.63, 3.8) is 0 Å². The Kier molecular flexibility index (Phi) is 10.5. The van der Waals surface area contributed by atoms with Gasteiger partial charge >= 0.3 is 7.60 Å². The first-order valence-electron chi connectivity index (χ1n) is 7.53. The van der Waals surface area contributed by atoms with Gasteiger partial charge in [-0.05, 0) is 12.8 Å². The van der Waals surface area contributed by atoms with Crippen LogP contribution in [0.4, 0.5) is 0 Å². The second-order valence-electron chi connectivity index (χ2n) is 5.28. The van der Waals surface area contributed by atoms with Gasteiger partial charge in [-0.3, -0.25) is 9.36 Å². The van der Waals surface area contributed by atoms with Crippen LogP contribution in [-0.4, -0.2) is 15.3 Å². The first-order valence-corrected chi connectivity index (χ1v) is 9.14. The highest BCUT2D eigenvalue weighted by molar-refractivity contribution is 7.70. The maximum absolute atomic E-state index is 11.7. The Hall–Kier alpha value is -0.180. The van der Waals surface area contributed by atoms with Gasteiger partial charge in [-0.25, -0.2) is 0 Å². The zero-order chi connectivity index (χ0) is 14.7. The second-order valence-corrected chi connectivity index (χ2v) is 6.81. The van der Waals surface area contributed by atoms with Gasteiger partial charge in [0.1, 0.15) is 0 Å². The van der Waals surface area contributed by atoms with Crippen molar-refractivity contribution in [1.29, 1.82) is 0 Å². The average Bonchev–Trinajstić information content (AvgIpc) is 2.35. The number of hydrogen-bond acceptors (Lipinski definition) is 2. The molecule has 0 saturated heterocycles. The number of carbonyl (C=O) groups is 1. The number of rotatable bonds is 12. The van der Waals surface area contributed by atoms with Crippen molar-refractivity contribution >= 4 is 13.1 Å². The van der Waals surface area contributed by atoms with E-state index in [0.29, 0.717) is 12.8 Å². The second kappa shape index (κ2) is 10.6. The van der Waals surface area contributed by atoms with Crippen LogP contribution in [0.2, 0.25) is 0 Å². The summed E-state index contributed by atoms with van der Waals surface area (Å²) >= 11 is 0. The molecule has 4 nitrogen and oxygen atoms in total. The molecular weight excluding hydrogens is 263 g/mol. The maximum Gasteiger partial charge on any atom is 0.391 e. The molecular formula is C14H29O4P. The SMILES string of the molecule is CCCCCCC(CCCCCC)C(=O)P(=O)(O)O. The van der Waals surface area contributed by atoms with Crippen molar-refractivity contribution < 1.29 is 19.1 Å². The van der Waals surface area contributed by atoms with E-state index in [1.54, 1.807) is 0 Å². The van der Waals surface area contributed by atoms with Crippen LogP contribution >= 0.6 is 7.60 Å². The molecule has 0 bridgehead atoms. The van der Waals surface area contributed by atoms with Crippen molar-refractivity contribution in [1.82, 2.24) is 0 Å². The molecule has 0 aliphatic rings. The van der Waals surface area contributed by atoms with E-state index in [0.717, 1.165) is 51.4 Å². The Morgan fingerprint density at radius 2 is 1.32 bits per heavy atom. The molecule has 0 radical (unpaired) electrons. The van der Waals surface area contributed by atoms with Gasteiger partial charge in [-0.1, -0.05) is 65.2 Å². The largest absolute Gasteiger partial charge is 0.391 e. The van der Waals surface area contributed by atoms with Crippen LogP contribution in [0.1, 0.15) is 78.1 Å². The highest BCUT2D eigenvalue weighted by Gasteiger charge is 2.32. The van der Waals surface area contributed by atoms with E-state index in [9.17, 15) is 9.36 Å². The summed E-state index contributed by atoms with van der Waals surface area (Å²) in [5, 5.41) is 0. The topological polar surface area (TPSA) is 74.6 Å². The summed E-state index contributed by atoms with van der Waals surface area (Å²) in [4.78, 5) is 29.8. The molecule has 0 fully saturated rings. The normalized spacial score (nSPS) is 12.1. The minimum atomic E-state index is -4.56. The van der Waals surface area contributed by atoms with Crippen LogP contribution in [0.3, 0.4) is 0 Å². The fourth-order valence-corrected chi connectivity index (χ4v) is 3.00. The zero-order valence-corrected chi connectivity index (χ0v) is 13.2. The summed E-state index contributed by atoms with van der Waals surface area (Å²) in [6, 6.07) is 0. The summed E-state index contributed by atoms with van der Waals surface area (Å²) in [6.07, 6.45) is 9.56. The van der Waals surface area contributed by atoms with E-state index in [4.69, 9.17) is 9.79 Å². The van der Waals surface area contributed by atoms with Gasteiger partial charge in [0.15, 0.2) is 0 Å². The fourth-order valence-electron chi connectivity index (χ4n) is 2.26. The lowest BCUT2D eigenvalue weighted by Crippen LogP contribution is -2.15. The summed E-state index contributed by atoms with van der Waals surface area (Å²) in [5.74, 6) is -0.449. The molecule has 0 unspecified atom stereocenters. The Labute approximate surface area is 117 Å². The lowest BCUT2D eigenvalue weighted by molar-refractivity contribution is -0.117. The molecule has 114 valence electrons. The van der Waals surface area contributed by atoms with Crippen molar-refractivity contribution in [2.45, 2.75) is 78.1 Å². The Morgan fingerprint density at radius 1 is 0.895 bits per heavy atom. The molecule has 0 atom stereocenters. The molecule has 0 heterocycles.